The molecule has 0 aliphatic heterocycles. The third-order valence-corrected chi connectivity index (χ3v) is 3.14. The Morgan fingerprint density at radius 3 is 3.06 bits per heavy atom. The van der Waals surface area contributed by atoms with Crippen LogP contribution in [0.3, 0.4) is 0 Å². The zero-order valence-corrected chi connectivity index (χ0v) is 9.89. The summed E-state index contributed by atoms with van der Waals surface area (Å²) in [6, 6.07) is 4.93. The Morgan fingerprint density at radius 2 is 2.35 bits per heavy atom. The van der Waals surface area contributed by atoms with E-state index >= 15 is 0 Å². The summed E-state index contributed by atoms with van der Waals surface area (Å²) < 4.78 is 6.90. The lowest BCUT2D eigenvalue weighted by molar-refractivity contribution is 0.300. The molecule has 0 atom stereocenters. The first kappa shape index (κ1) is 10.5. The molecule has 2 heterocycles. The van der Waals surface area contributed by atoms with Crippen LogP contribution in [0.5, 0.6) is 0 Å². The second kappa shape index (κ2) is 4.33. The third-order valence-electron chi connectivity index (χ3n) is 3.14. The van der Waals surface area contributed by atoms with E-state index in [1.165, 1.54) is 18.5 Å². The Labute approximate surface area is 99.8 Å². The summed E-state index contributed by atoms with van der Waals surface area (Å²) in [5.74, 6) is 0. The summed E-state index contributed by atoms with van der Waals surface area (Å²) in [6.07, 6.45) is 4.69. The van der Waals surface area contributed by atoms with Crippen LogP contribution in [0.15, 0.2) is 23.0 Å². The van der Waals surface area contributed by atoms with E-state index in [0.717, 1.165) is 30.5 Å². The molecule has 3 rings (SSSR count). The maximum absolute atomic E-state index is 4.71. The van der Waals surface area contributed by atoms with E-state index in [0.29, 0.717) is 0 Å². The molecule has 2 aromatic rings. The summed E-state index contributed by atoms with van der Waals surface area (Å²) >= 11 is 0. The number of nitrogens with zero attached hydrogens (tertiary/aromatic N) is 3. The molecule has 1 fully saturated rings. The molecule has 0 unspecified atom stereocenters. The molecule has 0 bridgehead atoms. The Kier molecular flexibility index (Phi) is 2.68. The normalized spacial score (nSPS) is 15.4. The molecule has 1 aliphatic rings. The van der Waals surface area contributed by atoms with Gasteiger partial charge in [-0.25, -0.2) is 4.63 Å². The Balaban J connectivity index is 1.69. The van der Waals surface area contributed by atoms with Crippen molar-refractivity contribution in [1.82, 2.24) is 20.2 Å². The number of aromatic nitrogens is 3. The highest BCUT2D eigenvalue weighted by molar-refractivity contribution is 5.12. The first-order chi connectivity index (χ1) is 8.33. The lowest BCUT2D eigenvalue weighted by atomic mass is 10.3. The summed E-state index contributed by atoms with van der Waals surface area (Å²) in [5.41, 5.74) is 3.04. The molecule has 5 heteroatoms. The van der Waals surface area contributed by atoms with Crippen LogP contribution in [-0.4, -0.2) is 20.9 Å². The van der Waals surface area contributed by atoms with Crippen LogP contribution >= 0.6 is 0 Å². The average Bonchev–Trinajstić information content (AvgIpc) is 2.92. The SMILES string of the molecule is Cc1nonc1Cn1cccc1CNC1CC1. The van der Waals surface area contributed by atoms with Gasteiger partial charge < -0.3 is 9.88 Å². The third kappa shape index (κ3) is 2.39. The highest BCUT2D eigenvalue weighted by Crippen LogP contribution is 2.19. The Hall–Kier alpha value is -1.62. The van der Waals surface area contributed by atoms with Gasteiger partial charge in [0.25, 0.3) is 0 Å². The zero-order chi connectivity index (χ0) is 11.7. The van der Waals surface area contributed by atoms with E-state index in [1.54, 1.807) is 0 Å². The summed E-state index contributed by atoms with van der Waals surface area (Å²) in [7, 11) is 0. The molecule has 2 aromatic heterocycles. The van der Waals surface area contributed by atoms with E-state index in [1.807, 2.05) is 6.92 Å². The number of rotatable bonds is 5. The van der Waals surface area contributed by atoms with E-state index in [9.17, 15) is 0 Å². The molecule has 1 N–H and O–H groups in total. The lowest BCUT2D eigenvalue weighted by Gasteiger charge is -2.08. The maximum atomic E-state index is 4.71. The average molecular weight is 232 g/mol. The summed E-state index contributed by atoms with van der Waals surface area (Å²) in [5, 5.41) is 11.2. The van der Waals surface area contributed by atoms with Crippen LogP contribution in [-0.2, 0) is 13.1 Å². The van der Waals surface area contributed by atoms with Gasteiger partial charge in [0.05, 0.1) is 6.54 Å². The molecule has 0 saturated heterocycles. The molecule has 90 valence electrons. The van der Waals surface area contributed by atoms with Gasteiger partial charge >= 0.3 is 0 Å². The molecule has 1 saturated carbocycles. The molecule has 5 nitrogen and oxygen atoms in total. The van der Waals surface area contributed by atoms with Crippen LogP contribution < -0.4 is 5.32 Å². The van der Waals surface area contributed by atoms with E-state index in [4.69, 9.17) is 4.63 Å². The molecular weight excluding hydrogens is 216 g/mol. The smallest absolute Gasteiger partial charge is 0.127 e. The van der Waals surface area contributed by atoms with Gasteiger partial charge in [0.2, 0.25) is 0 Å². The first-order valence-electron chi connectivity index (χ1n) is 5.98. The number of aryl methyl sites for hydroxylation is 1. The van der Waals surface area contributed by atoms with Crippen molar-refractivity contribution >= 4 is 0 Å². The van der Waals surface area contributed by atoms with Crippen LogP contribution in [0, 0.1) is 6.92 Å². The fourth-order valence-corrected chi connectivity index (χ4v) is 1.85. The van der Waals surface area contributed by atoms with Gasteiger partial charge in [-0.1, -0.05) is 10.3 Å². The minimum Gasteiger partial charge on any atom is -0.344 e. The van der Waals surface area contributed by atoms with Gasteiger partial charge in [-0.05, 0) is 31.9 Å². The van der Waals surface area contributed by atoms with Crippen LogP contribution in [0.25, 0.3) is 0 Å². The highest BCUT2D eigenvalue weighted by atomic mass is 16.6. The van der Waals surface area contributed by atoms with E-state index in [-0.39, 0.29) is 0 Å². The summed E-state index contributed by atoms with van der Waals surface area (Å²) in [6.45, 7) is 3.56. The molecule has 0 aromatic carbocycles. The van der Waals surface area contributed by atoms with Gasteiger partial charge in [-0.15, -0.1) is 0 Å². The van der Waals surface area contributed by atoms with E-state index in [2.05, 4.69) is 38.5 Å². The Bertz CT molecular complexity index is 498. The van der Waals surface area contributed by atoms with Crippen LogP contribution in [0.2, 0.25) is 0 Å². The second-order valence-corrected chi connectivity index (χ2v) is 4.58. The fraction of sp³-hybridized carbons (Fsp3) is 0.500. The van der Waals surface area contributed by atoms with Crippen molar-refractivity contribution in [2.45, 2.75) is 38.9 Å². The predicted molar refractivity (Wildman–Crippen MR) is 62.4 cm³/mol. The quantitative estimate of drug-likeness (QED) is 0.848. The van der Waals surface area contributed by atoms with Crippen molar-refractivity contribution in [3.8, 4) is 0 Å². The van der Waals surface area contributed by atoms with Crippen molar-refractivity contribution in [3.05, 3.63) is 35.4 Å². The minimum atomic E-state index is 0.726. The van der Waals surface area contributed by atoms with Crippen molar-refractivity contribution in [1.29, 1.82) is 0 Å². The van der Waals surface area contributed by atoms with Crippen molar-refractivity contribution in [2.75, 3.05) is 0 Å². The van der Waals surface area contributed by atoms with Gasteiger partial charge in [0.15, 0.2) is 0 Å². The minimum absolute atomic E-state index is 0.726. The monoisotopic (exact) mass is 232 g/mol. The number of hydrogen-bond acceptors (Lipinski definition) is 4. The van der Waals surface area contributed by atoms with Gasteiger partial charge in [0.1, 0.15) is 11.4 Å². The maximum Gasteiger partial charge on any atom is 0.127 e. The molecule has 0 spiro atoms. The lowest BCUT2D eigenvalue weighted by Crippen LogP contribution is -2.18. The highest BCUT2D eigenvalue weighted by Gasteiger charge is 2.20. The van der Waals surface area contributed by atoms with Gasteiger partial charge in [-0.3, -0.25) is 0 Å². The van der Waals surface area contributed by atoms with E-state index < -0.39 is 0 Å². The van der Waals surface area contributed by atoms with Gasteiger partial charge in [0, 0.05) is 24.5 Å². The van der Waals surface area contributed by atoms with Crippen molar-refractivity contribution in [2.24, 2.45) is 0 Å². The predicted octanol–water partition coefficient (Wildman–Crippen LogP) is 1.48. The number of hydrogen-bond donors (Lipinski definition) is 1. The second-order valence-electron chi connectivity index (χ2n) is 4.58. The van der Waals surface area contributed by atoms with Crippen molar-refractivity contribution in [3.63, 3.8) is 0 Å². The van der Waals surface area contributed by atoms with Crippen molar-refractivity contribution < 1.29 is 4.63 Å². The molecule has 0 radical (unpaired) electrons. The fourth-order valence-electron chi connectivity index (χ4n) is 1.85. The molecule has 1 aliphatic carbocycles. The number of nitrogens with one attached hydrogen (secondary N) is 1. The molecule has 0 amide bonds. The summed E-state index contributed by atoms with van der Waals surface area (Å²) in [4.78, 5) is 0. The van der Waals surface area contributed by atoms with Gasteiger partial charge in [-0.2, -0.15) is 0 Å². The zero-order valence-electron chi connectivity index (χ0n) is 9.89. The largest absolute Gasteiger partial charge is 0.344 e. The topological polar surface area (TPSA) is 55.9 Å². The standard InChI is InChI=1S/C12H16N4O/c1-9-12(15-17-14-9)8-16-6-2-3-11(16)7-13-10-4-5-10/h2-3,6,10,13H,4-5,7-8H2,1H3. The van der Waals surface area contributed by atoms with Crippen LogP contribution in [0.4, 0.5) is 0 Å². The molecule has 17 heavy (non-hydrogen) atoms. The first-order valence-corrected chi connectivity index (χ1v) is 5.98. The van der Waals surface area contributed by atoms with Crippen LogP contribution in [0.1, 0.15) is 29.9 Å². The molecular formula is C12H16N4O. The Morgan fingerprint density at radius 1 is 1.47 bits per heavy atom.